The predicted molar refractivity (Wildman–Crippen MR) is 138 cm³/mol. The summed E-state index contributed by atoms with van der Waals surface area (Å²) in [5, 5.41) is 8.57. The molecular formula is C21H27N3O6S4. The molecule has 186 valence electrons. The molecule has 3 aliphatic rings. The number of rotatable bonds is 5. The van der Waals surface area contributed by atoms with Gasteiger partial charge in [0.2, 0.25) is 5.91 Å². The van der Waals surface area contributed by atoms with Crippen molar-refractivity contribution in [1.29, 1.82) is 0 Å². The Bertz CT molecular complexity index is 979. The normalized spacial score (nSPS) is 25.8. The van der Waals surface area contributed by atoms with Gasteiger partial charge >= 0.3 is 0 Å². The monoisotopic (exact) mass is 545 g/mol. The lowest BCUT2D eigenvalue weighted by molar-refractivity contribution is -0.182. The number of anilines is 1. The van der Waals surface area contributed by atoms with E-state index in [0.717, 1.165) is 35.8 Å². The lowest BCUT2D eigenvalue weighted by Crippen LogP contribution is -2.82. The summed E-state index contributed by atoms with van der Waals surface area (Å²) in [4.78, 5) is 39.2. The van der Waals surface area contributed by atoms with E-state index in [1.807, 2.05) is 5.38 Å². The molecule has 2 fully saturated rings. The first kappa shape index (κ1) is 26.8. The molecule has 2 unspecified atom stereocenters. The molecule has 0 bridgehead atoms. The summed E-state index contributed by atoms with van der Waals surface area (Å²) >= 11 is 8.46. The van der Waals surface area contributed by atoms with Crippen LogP contribution >= 0.6 is 35.3 Å². The highest BCUT2D eigenvalue weighted by atomic mass is 32.2. The van der Waals surface area contributed by atoms with Crippen LogP contribution in [-0.2, 0) is 29.9 Å². The van der Waals surface area contributed by atoms with E-state index in [-0.39, 0.29) is 18.3 Å². The van der Waals surface area contributed by atoms with E-state index in [2.05, 4.69) is 4.90 Å². The summed E-state index contributed by atoms with van der Waals surface area (Å²) in [6.07, 6.45) is 5.33. The Hall–Kier alpha value is -1.80. The molecule has 3 atom stereocenters. The fourth-order valence-electron chi connectivity index (χ4n) is 4.28. The van der Waals surface area contributed by atoms with E-state index >= 15 is 0 Å². The number of methoxy groups -OCH3 is 1. The van der Waals surface area contributed by atoms with Gasteiger partial charge in [0.25, 0.3) is 18.1 Å². The first-order valence-electron chi connectivity index (χ1n) is 10.6. The van der Waals surface area contributed by atoms with Crippen LogP contribution in [0.15, 0.2) is 29.3 Å². The number of carbonyl (C=O) groups excluding carboxylic acids is 2. The van der Waals surface area contributed by atoms with Crippen molar-refractivity contribution in [3.05, 3.63) is 29.3 Å². The van der Waals surface area contributed by atoms with Crippen LogP contribution in [0.25, 0.3) is 0 Å². The SMILES string of the molecule is COC1(N(C(C)=O)c2cccs2)C(=O)N2C=C(CSC(=S)N3CCCCC3)CS(=O)[C@@H]21.O=CO. The molecule has 3 aliphatic heterocycles. The second kappa shape index (κ2) is 11.8. The fourth-order valence-corrected chi connectivity index (χ4v) is 8.21. The fraction of sp³-hybridized carbons (Fsp3) is 0.524. The summed E-state index contributed by atoms with van der Waals surface area (Å²) < 4.78 is 19.7. The molecule has 34 heavy (non-hydrogen) atoms. The van der Waals surface area contributed by atoms with Crippen LogP contribution in [0.2, 0.25) is 0 Å². The number of fused-ring (bicyclic) bond motifs is 1. The van der Waals surface area contributed by atoms with Gasteiger partial charge in [-0.15, -0.1) is 11.3 Å². The summed E-state index contributed by atoms with van der Waals surface area (Å²) in [7, 11) is -0.0231. The second-order valence-electron chi connectivity index (χ2n) is 7.79. The number of thioether (sulfide) groups is 1. The third-order valence-electron chi connectivity index (χ3n) is 5.71. The van der Waals surface area contributed by atoms with Crippen molar-refractivity contribution in [3.63, 3.8) is 0 Å². The first-order valence-corrected chi connectivity index (χ1v) is 14.3. The molecule has 13 heteroatoms. The van der Waals surface area contributed by atoms with Crippen LogP contribution in [0.1, 0.15) is 26.2 Å². The van der Waals surface area contributed by atoms with Crippen LogP contribution in [0.5, 0.6) is 0 Å². The van der Waals surface area contributed by atoms with E-state index in [1.165, 1.54) is 41.6 Å². The topological polar surface area (TPSA) is 107 Å². The van der Waals surface area contributed by atoms with Crippen molar-refractivity contribution in [2.75, 3.05) is 36.6 Å². The van der Waals surface area contributed by atoms with Crippen molar-refractivity contribution < 1.29 is 28.4 Å². The van der Waals surface area contributed by atoms with Gasteiger partial charge in [0.1, 0.15) is 9.32 Å². The number of thiophene rings is 1. The highest BCUT2D eigenvalue weighted by Gasteiger charge is 2.69. The molecule has 2 saturated heterocycles. The molecule has 1 aromatic heterocycles. The molecule has 0 spiro atoms. The van der Waals surface area contributed by atoms with Crippen molar-refractivity contribution in [2.24, 2.45) is 0 Å². The number of nitrogens with zero attached hydrogens (tertiary/aromatic N) is 3. The number of ether oxygens (including phenoxy) is 1. The minimum absolute atomic E-state index is 0.250. The molecule has 9 nitrogen and oxygen atoms in total. The highest BCUT2D eigenvalue weighted by molar-refractivity contribution is 8.23. The Labute approximate surface area is 214 Å². The standard InChI is InChI=1S/C20H25N3O4S4.CH2O2/c1-14(24)23(16-7-6-10-29-16)20(27-2)17(25)22-11-15(13-31(26)18(20)22)12-30-19(28)21-8-4-3-5-9-21;2-1-3/h6-7,10-11,18H,3-5,8-9,12-13H2,1-2H3;1H,(H,2,3)/t18-,20?,31?;/m1./s1. The first-order chi connectivity index (χ1) is 16.3. The molecule has 0 aromatic carbocycles. The van der Waals surface area contributed by atoms with Crippen LogP contribution in [0, 0.1) is 0 Å². The number of hydrogen-bond acceptors (Lipinski definition) is 8. The van der Waals surface area contributed by atoms with Gasteiger partial charge in [-0.05, 0) is 42.3 Å². The van der Waals surface area contributed by atoms with Gasteiger partial charge in [-0.2, -0.15) is 0 Å². The molecule has 1 aromatic rings. The third-order valence-corrected chi connectivity index (χ3v) is 9.89. The maximum Gasteiger partial charge on any atom is 0.290 e. The van der Waals surface area contributed by atoms with E-state index in [1.54, 1.807) is 30.1 Å². The number of likely N-dealkylation sites (tertiary alicyclic amines) is 1. The number of hydrogen-bond donors (Lipinski definition) is 1. The summed E-state index contributed by atoms with van der Waals surface area (Å²) in [6.45, 7) is 3.12. The molecule has 1 N–H and O–H groups in total. The van der Waals surface area contributed by atoms with Gasteiger partial charge in [0.15, 0.2) is 5.37 Å². The zero-order chi connectivity index (χ0) is 24.9. The highest BCUT2D eigenvalue weighted by Crippen LogP contribution is 2.45. The van der Waals surface area contributed by atoms with Crippen LogP contribution in [0.3, 0.4) is 0 Å². The van der Waals surface area contributed by atoms with Gasteiger partial charge in [0.05, 0.1) is 10.8 Å². The largest absolute Gasteiger partial charge is 0.483 e. The van der Waals surface area contributed by atoms with Crippen LogP contribution in [-0.4, -0.2) is 84.5 Å². The Morgan fingerprint density at radius 1 is 1.44 bits per heavy atom. The van der Waals surface area contributed by atoms with Crippen molar-refractivity contribution in [1.82, 2.24) is 9.80 Å². The lowest BCUT2D eigenvalue weighted by Gasteiger charge is -2.57. The Morgan fingerprint density at radius 2 is 2.12 bits per heavy atom. The Kier molecular flexibility index (Phi) is 9.27. The quantitative estimate of drug-likeness (QED) is 0.258. The summed E-state index contributed by atoms with van der Waals surface area (Å²) in [6, 6.07) is 3.56. The van der Waals surface area contributed by atoms with E-state index in [4.69, 9.17) is 26.9 Å². The number of carboxylic acid groups (broad SMARTS) is 1. The third kappa shape index (κ3) is 5.08. The van der Waals surface area contributed by atoms with E-state index in [9.17, 15) is 13.8 Å². The summed E-state index contributed by atoms with van der Waals surface area (Å²) in [5.74, 6) is 0.217. The van der Waals surface area contributed by atoms with Gasteiger partial charge < -0.3 is 14.7 Å². The number of thiocarbonyl (C=S) groups is 1. The Morgan fingerprint density at radius 3 is 2.68 bits per heavy atom. The minimum Gasteiger partial charge on any atom is -0.483 e. The van der Waals surface area contributed by atoms with Crippen molar-refractivity contribution in [2.45, 2.75) is 37.3 Å². The predicted octanol–water partition coefficient (Wildman–Crippen LogP) is 2.46. The van der Waals surface area contributed by atoms with E-state index < -0.39 is 21.9 Å². The molecule has 4 heterocycles. The van der Waals surface area contributed by atoms with E-state index in [0.29, 0.717) is 16.5 Å². The smallest absolute Gasteiger partial charge is 0.290 e. The van der Waals surface area contributed by atoms with Crippen molar-refractivity contribution in [3.8, 4) is 0 Å². The van der Waals surface area contributed by atoms with Crippen LogP contribution < -0.4 is 4.90 Å². The second-order valence-corrected chi connectivity index (χ2v) is 11.8. The van der Waals surface area contributed by atoms with Gasteiger partial charge in [-0.3, -0.25) is 28.4 Å². The number of β-lactam (4-membered cyclic amide) rings is 1. The minimum atomic E-state index is -1.58. The molecule has 2 amide bonds. The summed E-state index contributed by atoms with van der Waals surface area (Å²) in [5.41, 5.74) is -0.678. The van der Waals surface area contributed by atoms with Gasteiger partial charge in [-0.1, -0.05) is 24.0 Å². The number of amides is 2. The molecule has 0 aliphatic carbocycles. The molecule has 4 rings (SSSR count). The van der Waals surface area contributed by atoms with Gasteiger partial charge in [-0.25, -0.2) is 0 Å². The average molecular weight is 546 g/mol. The number of carbonyl (C=O) groups is 3. The lowest BCUT2D eigenvalue weighted by atomic mass is 9.99. The zero-order valence-corrected chi connectivity index (χ0v) is 22.1. The van der Waals surface area contributed by atoms with Crippen molar-refractivity contribution >= 4 is 73.7 Å². The molecular weight excluding hydrogens is 519 g/mol. The molecule has 0 radical (unpaired) electrons. The average Bonchev–Trinajstić information content (AvgIpc) is 3.35. The van der Waals surface area contributed by atoms with Crippen LogP contribution in [0.4, 0.5) is 5.00 Å². The maximum atomic E-state index is 13.3. The maximum absolute atomic E-state index is 13.3. The van der Waals surface area contributed by atoms with Gasteiger partial charge in [0, 0.05) is 44.8 Å². The molecule has 0 saturated carbocycles. The zero-order valence-electron chi connectivity index (χ0n) is 18.9. The number of piperidine rings is 1. The Balaban J connectivity index is 0.00000103.